The SMILES string of the molecule is CO[C@H](C(=O)N1CCN(C(=O)OC(C)(C)C)CC1CC(=O)N(Cc1ccc(C(=O)NC2CCCCC2)cc1N=O)CC1CC1)c1ccccc1. The van der Waals surface area contributed by atoms with Gasteiger partial charge in [-0.05, 0) is 75.2 Å². The van der Waals surface area contributed by atoms with E-state index >= 15 is 0 Å². The highest BCUT2D eigenvalue weighted by atomic mass is 16.6. The Morgan fingerprint density at radius 3 is 2.34 bits per heavy atom. The summed E-state index contributed by atoms with van der Waals surface area (Å²) in [5.41, 5.74) is 1.00. The molecule has 0 spiro atoms. The first-order valence-corrected chi connectivity index (χ1v) is 17.9. The number of rotatable bonds is 12. The van der Waals surface area contributed by atoms with Crippen molar-refractivity contribution >= 4 is 29.5 Å². The van der Waals surface area contributed by atoms with Gasteiger partial charge in [-0.3, -0.25) is 14.4 Å². The Morgan fingerprint density at radius 1 is 0.980 bits per heavy atom. The van der Waals surface area contributed by atoms with Crippen molar-refractivity contribution in [3.8, 4) is 0 Å². The predicted octanol–water partition coefficient (Wildman–Crippen LogP) is 6.11. The van der Waals surface area contributed by atoms with E-state index in [2.05, 4.69) is 10.5 Å². The molecule has 1 N–H and O–H groups in total. The first-order valence-electron chi connectivity index (χ1n) is 17.9. The molecule has 0 radical (unpaired) electrons. The molecule has 0 bridgehead atoms. The van der Waals surface area contributed by atoms with Gasteiger partial charge in [-0.1, -0.05) is 55.7 Å². The molecule has 3 aliphatic rings. The predicted molar refractivity (Wildman–Crippen MR) is 188 cm³/mol. The van der Waals surface area contributed by atoms with E-state index in [-0.39, 0.29) is 62.1 Å². The molecule has 270 valence electrons. The van der Waals surface area contributed by atoms with Crippen LogP contribution < -0.4 is 5.32 Å². The Kier molecular flexibility index (Phi) is 12.3. The molecule has 12 heteroatoms. The van der Waals surface area contributed by atoms with Crippen LogP contribution >= 0.6 is 0 Å². The van der Waals surface area contributed by atoms with Gasteiger partial charge in [-0.25, -0.2) is 4.79 Å². The summed E-state index contributed by atoms with van der Waals surface area (Å²) < 4.78 is 11.3. The van der Waals surface area contributed by atoms with E-state index in [4.69, 9.17) is 9.47 Å². The summed E-state index contributed by atoms with van der Waals surface area (Å²) in [5.74, 6) is -0.398. The molecular formula is C38H51N5O7. The number of benzene rings is 2. The Bertz CT molecular complexity index is 1520. The lowest BCUT2D eigenvalue weighted by Gasteiger charge is -2.43. The lowest BCUT2D eigenvalue weighted by atomic mass is 9.95. The molecule has 1 aliphatic heterocycles. The maximum atomic E-state index is 14.2. The van der Waals surface area contributed by atoms with E-state index < -0.39 is 23.8 Å². The fourth-order valence-electron chi connectivity index (χ4n) is 6.81. The molecule has 2 aromatic carbocycles. The first-order chi connectivity index (χ1) is 24.0. The second-order valence-corrected chi connectivity index (χ2v) is 14.8. The summed E-state index contributed by atoms with van der Waals surface area (Å²) >= 11 is 0. The number of piperazine rings is 1. The third kappa shape index (κ3) is 9.89. The van der Waals surface area contributed by atoms with Crippen molar-refractivity contribution in [1.82, 2.24) is 20.0 Å². The molecule has 12 nitrogen and oxygen atoms in total. The van der Waals surface area contributed by atoms with Crippen molar-refractivity contribution in [3.05, 3.63) is 70.1 Å². The first kappa shape index (κ1) is 36.9. The van der Waals surface area contributed by atoms with Gasteiger partial charge >= 0.3 is 6.09 Å². The van der Waals surface area contributed by atoms with Crippen LogP contribution in [0.25, 0.3) is 0 Å². The van der Waals surface area contributed by atoms with Gasteiger partial charge in [0.2, 0.25) is 5.91 Å². The number of nitroso groups, excluding NO2 is 1. The van der Waals surface area contributed by atoms with Crippen molar-refractivity contribution in [2.24, 2.45) is 11.1 Å². The number of carbonyl (C=O) groups excluding carboxylic acids is 4. The molecule has 2 aromatic rings. The Balaban J connectivity index is 1.35. The molecule has 50 heavy (non-hydrogen) atoms. The number of hydrogen-bond acceptors (Lipinski definition) is 8. The van der Waals surface area contributed by atoms with E-state index in [1.54, 1.807) is 47.6 Å². The van der Waals surface area contributed by atoms with Gasteiger partial charge in [0.1, 0.15) is 11.3 Å². The van der Waals surface area contributed by atoms with Crippen LogP contribution in [0.4, 0.5) is 10.5 Å². The number of ether oxygens (including phenoxy) is 2. The average Bonchev–Trinajstić information content (AvgIpc) is 3.92. The highest BCUT2D eigenvalue weighted by molar-refractivity contribution is 5.95. The van der Waals surface area contributed by atoms with Crippen molar-refractivity contribution in [3.63, 3.8) is 0 Å². The van der Waals surface area contributed by atoms with Gasteiger partial charge in [0.15, 0.2) is 6.10 Å². The van der Waals surface area contributed by atoms with Gasteiger partial charge in [0, 0.05) is 63.4 Å². The normalized spacial score (nSPS) is 19.0. The minimum Gasteiger partial charge on any atom is -0.444 e. The summed E-state index contributed by atoms with van der Waals surface area (Å²) in [6.07, 6.45) is 5.80. The van der Waals surface area contributed by atoms with E-state index in [1.807, 2.05) is 30.3 Å². The third-order valence-corrected chi connectivity index (χ3v) is 9.67. The zero-order chi connectivity index (χ0) is 35.8. The molecule has 1 unspecified atom stereocenters. The molecular weight excluding hydrogens is 638 g/mol. The van der Waals surface area contributed by atoms with E-state index in [1.165, 1.54) is 19.6 Å². The minimum absolute atomic E-state index is 0.0469. The van der Waals surface area contributed by atoms with E-state index in [9.17, 15) is 24.1 Å². The molecule has 0 aromatic heterocycles. The van der Waals surface area contributed by atoms with Gasteiger partial charge in [-0.15, -0.1) is 4.91 Å². The van der Waals surface area contributed by atoms with Crippen molar-refractivity contribution < 1.29 is 28.7 Å². The molecule has 3 fully saturated rings. The molecule has 2 aliphatic carbocycles. The molecule has 1 saturated heterocycles. The highest BCUT2D eigenvalue weighted by Gasteiger charge is 2.39. The van der Waals surface area contributed by atoms with Gasteiger partial charge in [0.25, 0.3) is 11.8 Å². The lowest BCUT2D eigenvalue weighted by Crippen LogP contribution is -2.59. The highest BCUT2D eigenvalue weighted by Crippen LogP contribution is 2.32. The lowest BCUT2D eigenvalue weighted by molar-refractivity contribution is -0.149. The van der Waals surface area contributed by atoms with Crippen molar-refractivity contribution in [2.75, 3.05) is 33.3 Å². The van der Waals surface area contributed by atoms with Crippen LogP contribution in [0.15, 0.2) is 53.7 Å². The fraction of sp³-hybridized carbons (Fsp3) is 0.579. The van der Waals surface area contributed by atoms with E-state index in [0.29, 0.717) is 29.2 Å². The van der Waals surface area contributed by atoms with Crippen LogP contribution in [0.2, 0.25) is 0 Å². The average molecular weight is 690 g/mol. The molecule has 1 heterocycles. The number of carbonyl (C=O) groups is 4. The Hall–Kier alpha value is -4.32. The second-order valence-electron chi connectivity index (χ2n) is 14.8. The third-order valence-electron chi connectivity index (χ3n) is 9.67. The van der Waals surface area contributed by atoms with Crippen LogP contribution in [-0.4, -0.2) is 89.5 Å². The van der Waals surface area contributed by atoms with Crippen LogP contribution in [0.5, 0.6) is 0 Å². The Labute approximate surface area is 294 Å². The number of methoxy groups -OCH3 is 1. The smallest absolute Gasteiger partial charge is 0.410 e. The maximum Gasteiger partial charge on any atom is 0.410 e. The van der Waals surface area contributed by atoms with Crippen LogP contribution in [0.3, 0.4) is 0 Å². The van der Waals surface area contributed by atoms with Gasteiger partial charge in [-0.2, -0.15) is 0 Å². The summed E-state index contributed by atoms with van der Waals surface area (Å²) in [7, 11) is 1.48. The number of amides is 4. The van der Waals surface area contributed by atoms with Gasteiger partial charge < -0.3 is 29.5 Å². The standard InChI is InChI=1S/C38H51N5O7/c1-38(2,3)50-37(47)41-19-20-43(36(46)34(49-4)27-11-7-5-8-12-27)31(25-41)22-33(44)42(23-26-15-16-26)24-29-18-17-28(21-32(29)40-48)35(45)39-30-13-9-6-10-14-30/h5,7-8,11-12,17-18,21,26,30-31,34H,6,9-10,13-16,19-20,22-25H2,1-4H3,(H,39,45)/t31?,34-/m0/s1. The monoisotopic (exact) mass is 689 g/mol. The van der Waals surface area contributed by atoms with Gasteiger partial charge in [0.05, 0.1) is 6.04 Å². The zero-order valence-corrected chi connectivity index (χ0v) is 29.8. The molecule has 2 atom stereocenters. The topological polar surface area (TPSA) is 138 Å². The maximum absolute atomic E-state index is 14.2. The Morgan fingerprint density at radius 2 is 1.70 bits per heavy atom. The summed E-state index contributed by atoms with van der Waals surface area (Å²) in [6, 6.07) is 13.5. The minimum atomic E-state index is -0.875. The van der Waals surface area contributed by atoms with Crippen LogP contribution in [-0.2, 0) is 25.6 Å². The van der Waals surface area contributed by atoms with Crippen molar-refractivity contribution in [2.45, 2.75) is 102 Å². The zero-order valence-electron chi connectivity index (χ0n) is 29.8. The number of hydrogen-bond donors (Lipinski definition) is 1. The second kappa shape index (κ2) is 16.6. The van der Waals surface area contributed by atoms with E-state index in [0.717, 1.165) is 38.5 Å². The molecule has 2 saturated carbocycles. The largest absolute Gasteiger partial charge is 0.444 e. The fourth-order valence-corrected chi connectivity index (χ4v) is 6.81. The molecule has 4 amide bonds. The quantitative estimate of drug-likeness (QED) is 0.266. The number of nitrogens with zero attached hydrogens (tertiary/aromatic N) is 4. The number of nitrogens with one attached hydrogen (secondary N) is 1. The van der Waals surface area contributed by atoms with Crippen molar-refractivity contribution in [1.29, 1.82) is 0 Å². The summed E-state index contributed by atoms with van der Waals surface area (Å²) in [6.45, 7) is 6.56. The van der Waals surface area contributed by atoms with Crippen LogP contribution in [0.1, 0.15) is 99.7 Å². The summed E-state index contributed by atoms with van der Waals surface area (Å²) in [5, 5.41) is 6.32. The van der Waals surface area contributed by atoms with Crippen LogP contribution in [0, 0.1) is 10.8 Å². The summed E-state index contributed by atoms with van der Waals surface area (Å²) in [4.78, 5) is 71.3. The molecule has 5 rings (SSSR count).